The Morgan fingerprint density at radius 2 is 2.26 bits per heavy atom. The molecule has 5 heteroatoms. The second-order valence-electron chi connectivity index (χ2n) is 4.33. The number of benzene rings is 1. The van der Waals surface area contributed by atoms with Crippen molar-refractivity contribution >= 4 is 5.97 Å². The van der Waals surface area contributed by atoms with E-state index in [0.717, 1.165) is 24.4 Å². The molecule has 0 saturated carbocycles. The molecule has 19 heavy (non-hydrogen) atoms. The van der Waals surface area contributed by atoms with Gasteiger partial charge in [0.25, 0.3) is 0 Å². The van der Waals surface area contributed by atoms with Gasteiger partial charge in [0.1, 0.15) is 11.6 Å². The average Bonchev–Trinajstić information content (AvgIpc) is 2.79. The van der Waals surface area contributed by atoms with Crippen molar-refractivity contribution < 1.29 is 14.3 Å². The lowest BCUT2D eigenvalue weighted by molar-refractivity contribution is 0.0691. The Hall–Kier alpha value is -2.17. The molecule has 0 bridgehead atoms. The van der Waals surface area contributed by atoms with Crippen molar-refractivity contribution in [3.63, 3.8) is 0 Å². The van der Waals surface area contributed by atoms with Crippen LogP contribution in [0.15, 0.2) is 30.6 Å². The molecule has 2 rings (SSSR count). The lowest BCUT2D eigenvalue weighted by Crippen LogP contribution is -2.05. The standard InChI is InChI=1S/C14H15FN2O2/c1-2-6-17-7-5-16-13(17)9-10-3-4-12(15)11(8-10)14(18)19/h3-5,7-8H,2,6,9H2,1H3,(H,18,19). The van der Waals surface area contributed by atoms with Crippen LogP contribution in [0.3, 0.4) is 0 Å². The van der Waals surface area contributed by atoms with E-state index in [2.05, 4.69) is 11.9 Å². The highest BCUT2D eigenvalue weighted by Gasteiger charge is 2.12. The van der Waals surface area contributed by atoms with Crippen LogP contribution in [0.1, 0.15) is 35.1 Å². The monoisotopic (exact) mass is 262 g/mol. The van der Waals surface area contributed by atoms with Gasteiger partial charge in [0.15, 0.2) is 0 Å². The van der Waals surface area contributed by atoms with Gasteiger partial charge in [-0.3, -0.25) is 0 Å². The molecule has 0 aliphatic heterocycles. The smallest absolute Gasteiger partial charge is 0.338 e. The average molecular weight is 262 g/mol. The van der Waals surface area contributed by atoms with E-state index in [-0.39, 0.29) is 5.56 Å². The third kappa shape index (κ3) is 2.99. The van der Waals surface area contributed by atoms with Crippen molar-refractivity contribution in [1.29, 1.82) is 0 Å². The van der Waals surface area contributed by atoms with E-state index >= 15 is 0 Å². The van der Waals surface area contributed by atoms with Gasteiger partial charge in [0, 0.05) is 25.4 Å². The number of aryl methyl sites for hydroxylation is 1. The third-order valence-electron chi connectivity index (χ3n) is 2.89. The molecule has 0 aliphatic rings. The zero-order chi connectivity index (χ0) is 13.8. The molecule has 0 spiro atoms. The van der Waals surface area contributed by atoms with Gasteiger partial charge in [-0.1, -0.05) is 13.0 Å². The van der Waals surface area contributed by atoms with Crippen LogP contribution in [-0.2, 0) is 13.0 Å². The number of imidazole rings is 1. The summed E-state index contributed by atoms with van der Waals surface area (Å²) >= 11 is 0. The minimum atomic E-state index is -1.25. The molecule has 2 aromatic rings. The Labute approximate surface area is 110 Å². The maximum Gasteiger partial charge on any atom is 0.338 e. The molecule has 0 unspecified atom stereocenters. The maximum atomic E-state index is 13.3. The molecular weight excluding hydrogens is 247 g/mol. The molecule has 0 atom stereocenters. The molecule has 0 amide bonds. The molecule has 0 saturated heterocycles. The van der Waals surface area contributed by atoms with Gasteiger partial charge in [0.05, 0.1) is 5.56 Å². The Morgan fingerprint density at radius 1 is 1.47 bits per heavy atom. The van der Waals surface area contributed by atoms with Crippen molar-refractivity contribution in [3.8, 4) is 0 Å². The highest BCUT2D eigenvalue weighted by atomic mass is 19.1. The third-order valence-corrected chi connectivity index (χ3v) is 2.89. The first kappa shape index (κ1) is 13.3. The largest absolute Gasteiger partial charge is 0.478 e. The number of aromatic nitrogens is 2. The van der Waals surface area contributed by atoms with E-state index in [4.69, 9.17) is 5.11 Å². The van der Waals surface area contributed by atoms with Crippen LogP contribution in [-0.4, -0.2) is 20.6 Å². The summed E-state index contributed by atoms with van der Waals surface area (Å²) in [5, 5.41) is 8.89. The first-order chi connectivity index (χ1) is 9.11. The van der Waals surface area contributed by atoms with E-state index < -0.39 is 11.8 Å². The number of hydrogen-bond donors (Lipinski definition) is 1. The summed E-state index contributed by atoms with van der Waals surface area (Å²) in [6.07, 6.45) is 5.09. The van der Waals surface area contributed by atoms with Crippen LogP contribution in [0, 0.1) is 5.82 Å². The molecule has 1 aromatic heterocycles. The summed E-state index contributed by atoms with van der Waals surface area (Å²) < 4.78 is 15.3. The molecule has 100 valence electrons. The first-order valence-corrected chi connectivity index (χ1v) is 6.13. The zero-order valence-corrected chi connectivity index (χ0v) is 10.6. The summed E-state index contributed by atoms with van der Waals surface area (Å²) in [5.41, 5.74) is 0.438. The second-order valence-corrected chi connectivity index (χ2v) is 4.33. The maximum absolute atomic E-state index is 13.3. The van der Waals surface area contributed by atoms with E-state index in [1.165, 1.54) is 12.1 Å². The number of rotatable bonds is 5. The van der Waals surface area contributed by atoms with Crippen molar-refractivity contribution in [2.24, 2.45) is 0 Å². The van der Waals surface area contributed by atoms with Crippen LogP contribution in [0.25, 0.3) is 0 Å². The van der Waals surface area contributed by atoms with Crippen LogP contribution in [0.4, 0.5) is 4.39 Å². The van der Waals surface area contributed by atoms with E-state index in [1.807, 2.05) is 10.8 Å². The SMILES string of the molecule is CCCn1ccnc1Cc1ccc(F)c(C(=O)O)c1. The number of hydrogen-bond acceptors (Lipinski definition) is 2. The number of carboxylic acids is 1. The van der Waals surface area contributed by atoms with Gasteiger partial charge in [-0.15, -0.1) is 0 Å². The van der Waals surface area contributed by atoms with Gasteiger partial charge in [-0.05, 0) is 24.1 Å². The number of carboxylic acid groups (broad SMARTS) is 1. The summed E-state index contributed by atoms with van der Waals surface area (Å²) in [4.78, 5) is 15.1. The fraction of sp³-hybridized carbons (Fsp3) is 0.286. The van der Waals surface area contributed by atoms with Gasteiger partial charge >= 0.3 is 5.97 Å². The Bertz CT molecular complexity index is 593. The van der Waals surface area contributed by atoms with Gasteiger partial charge in [-0.2, -0.15) is 0 Å². The predicted molar refractivity (Wildman–Crippen MR) is 68.7 cm³/mol. The lowest BCUT2D eigenvalue weighted by atomic mass is 10.1. The van der Waals surface area contributed by atoms with Gasteiger partial charge in [0.2, 0.25) is 0 Å². The zero-order valence-electron chi connectivity index (χ0n) is 10.6. The normalized spacial score (nSPS) is 10.6. The molecular formula is C14H15FN2O2. The first-order valence-electron chi connectivity index (χ1n) is 6.13. The highest BCUT2D eigenvalue weighted by molar-refractivity contribution is 5.88. The van der Waals surface area contributed by atoms with Crippen LogP contribution >= 0.6 is 0 Å². The van der Waals surface area contributed by atoms with Crippen LogP contribution < -0.4 is 0 Å². The Kier molecular flexibility index (Phi) is 3.94. The van der Waals surface area contributed by atoms with Crippen LogP contribution in [0.5, 0.6) is 0 Å². The lowest BCUT2D eigenvalue weighted by Gasteiger charge is -2.07. The number of aromatic carboxylic acids is 1. The minimum Gasteiger partial charge on any atom is -0.478 e. The highest BCUT2D eigenvalue weighted by Crippen LogP contribution is 2.14. The van der Waals surface area contributed by atoms with Crippen molar-refractivity contribution in [2.75, 3.05) is 0 Å². The topological polar surface area (TPSA) is 55.1 Å². The number of halogens is 1. The predicted octanol–water partition coefficient (Wildman–Crippen LogP) is 2.72. The Morgan fingerprint density at radius 3 is 2.95 bits per heavy atom. The molecule has 0 radical (unpaired) electrons. The van der Waals surface area contributed by atoms with Gasteiger partial charge < -0.3 is 9.67 Å². The molecule has 1 N–H and O–H groups in total. The van der Waals surface area contributed by atoms with Gasteiger partial charge in [-0.25, -0.2) is 14.2 Å². The molecule has 1 aromatic carbocycles. The minimum absolute atomic E-state index is 0.300. The molecule has 4 nitrogen and oxygen atoms in total. The van der Waals surface area contributed by atoms with E-state index in [0.29, 0.717) is 6.42 Å². The summed E-state index contributed by atoms with van der Waals surface area (Å²) in [6, 6.07) is 4.14. The second kappa shape index (κ2) is 5.65. The summed E-state index contributed by atoms with van der Waals surface area (Å²) in [5.74, 6) is -1.12. The fourth-order valence-corrected chi connectivity index (χ4v) is 1.98. The number of carbonyl (C=O) groups is 1. The van der Waals surface area contributed by atoms with Crippen molar-refractivity contribution in [3.05, 3.63) is 53.4 Å². The molecule has 0 fully saturated rings. The molecule has 0 aliphatic carbocycles. The quantitative estimate of drug-likeness (QED) is 0.901. The van der Waals surface area contributed by atoms with Crippen molar-refractivity contribution in [2.45, 2.75) is 26.3 Å². The number of nitrogens with zero attached hydrogens (tertiary/aromatic N) is 2. The summed E-state index contributed by atoms with van der Waals surface area (Å²) in [6.45, 7) is 2.94. The van der Waals surface area contributed by atoms with Crippen molar-refractivity contribution in [1.82, 2.24) is 9.55 Å². The Balaban J connectivity index is 2.26. The van der Waals surface area contributed by atoms with Crippen LogP contribution in [0.2, 0.25) is 0 Å². The summed E-state index contributed by atoms with van der Waals surface area (Å²) in [7, 11) is 0. The molecule has 1 heterocycles. The fourth-order valence-electron chi connectivity index (χ4n) is 1.98. The van der Waals surface area contributed by atoms with E-state index in [1.54, 1.807) is 12.3 Å². The van der Waals surface area contributed by atoms with E-state index in [9.17, 15) is 9.18 Å².